The lowest BCUT2D eigenvalue weighted by atomic mass is 10.1. The van der Waals surface area contributed by atoms with Crippen LogP contribution >= 0.6 is 0 Å². The SMILES string of the molecule is Cc1cccc(S(=O)(=O)N2C(C)OCC2(C)C)c1. The fourth-order valence-electron chi connectivity index (χ4n) is 2.36. The van der Waals surface area contributed by atoms with Gasteiger partial charge < -0.3 is 4.74 Å². The van der Waals surface area contributed by atoms with Crippen molar-refractivity contribution in [2.75, 3.05) is 6.61 Å². The lowest BCUT2D eigenvalue weighted by molar-refractivity contribution is 0.0843. The third-order valence-corrected chi connectivity index (χ3v) is 5.31. The van der Waals surface area contributed by atoms with Crippen LogP contribution in [0.1, 0.15) is 26.3 Å². The average Bonchev–Trinajstić information content (AvgIpc) is 2.53. The summed E-state index contributed by atoms with van der Waals surface area (Å²) in [5.74, 6) is 0. The van der Waals surface area contributed by atoms with Crippen LogP contribution in [0.3, 0.4) is 0 Å². The molecule has 0 aromatic heterocycles. The quantitative estimate of drug-likeness (QED) is 0.826. The summed E-state index contributed by atoms with van der Waals surface area (Å²) in [7, 11) is -3.51. The molecule has 0 N–H and O–H groups in total. The third kappa shape index (κ3) is 2.18. The van der Waals surface area contributed by atoms with Gasteiger partial charge in [-0.3, -0.25) is 0 Å². The van der Waals surface area contributed by atoms with Crippen LogP contribution in [0.5, 0.6) is 0 Å². The summed E-state index contributed by atoms with van der Waals surface area (Å²) in [5.41, 5.74) is 0.420. The van der Waals surface area contributed by atoms with Crippen molar-refractivity contribution in [3.05, 3.63) is 29.8 Å². The normalized spacial score (nSPS) is 24.3. The first-order valence-electron chi connectivity index (χ1n) is 5.98. The van der Waals surface area contributed by atoms with E-state index in [4.69, 9.17) is 4.74 Å². The molecule has 0 radical (unpaired) electrons. The first kappa shape index (κ1) is 13.5. The van der Waals surface area contributed by atoms with Crippen LogP contribution in [0, 0.1) is 6.92 Å². The minimum absolute atomic E-state index is 0.327. The lowest BCUT2D eigenvalue weighted by Gasteiger charge is -2.30. The Bertz CT molecular complexity index is 551. The predicted octanol–water partition coefficient (Wildman–Crippen LogP) is 2.14. The minimum atomic E-state index is -3.51. The van der Waals surface area contributed by atoms with Gasteiger partial charge in [-0.25, -0.2) is 8.42 Å². The maximum absolute atomic E-state index is 12.7. The zero-order valence-electron chi connectivity index (χ0n) is 11.2. The number of sulfonamides is 1. The molecule has 0 saturated carbocycles. The van der Waals surface area contributed by atoms with E-state index in [1.54, 1.807) is 25.1 Å². The van der Waals surface area contributed by atoms with Crippen LogP contribution in [0.2, 0.25) is 0 Å². The number of rotatable bonds is 2. The highest BCUT2D eigenvalue weighted by Crippen LogP contribution is 2.33. The van der Waals surface area contributed by atoms with E-state index in [9.17, 15) is 8.42 Å². The molecule has 18 heavy (non-hydrogen) atoms. The van der Waals surface area contributed by atoms with Crippen LogP contribution in [0.15, 0.2) is 29.2 Å². The second-order valence-electron chi connectivity index (χ2n) is 5.34. The van der Waals surface area contributed by atoms with Crippen LogP contribution in [0.25, 0.3) is 0 Å². The van der Waals surface area contributed by atoms with Gasteiger partial charge in [-0.05, 0) is 45.4 Å². The minimum Gasteiger partial charge on any atom is -0.360 e. The monoisotopic (exact) mass is 269 g/mol. The highest BCUT2D eigenvalue weighted by molar-refractivity contribution is 7.89. The summed E-state index contributed by atoms with van der Waals surface area (Å²) in [6.45, 7) is 7.82. The summed E-state index contributed by atoms with van der Waals surface area (Å²) in [6.07, 6.45) is -0.425. The Morgan fingerprint density at radius 1 is 1.39 bits per heavy atom. The molecule has 1 saturated heterocycles. The number of aryl methyl sites for hydroxylation is 1. The molecule has 1 unspecified atom stereocenters. The fraction of sp³-hybridized carbons (Fsp3) is 0.538. The molecule has 1 fully saturated rings. The Balaban J connectivity index is 2.49. The summed E-state index contributed by atoms with van der Waals surface area (Å²) >= 11 is 0. The highest BCUT2D eigenvalue weighted by atomic mass is 32.2. The van der Waals surface area contributed by atoms with Crippen LogP contribution < -0.4 is 0 Å². The Morgan fingerprint density at radius 3 is 2.56 bits per heavy atom. The van der Waals surface area contributed by atoms with Gasteiger partial charge in [0, 0.05) is 0 Å². The second-order valence-corrected chi connectivity index (χ2v) is 7.16. The number of hydrogen-bond acceptors (Lipinski definition) is 3. The summed E-state index contributed by atoms with van der Waals surface area (Å²) in [6, 6.07) is 6.96. The Kier molecular flexibility index (Phi) is 3.25. The molecule has 1 aliphatic rings. The molecule has 4 nitrogen and oxygen atoms in total. The van der Waals surface area contributed by atoms with Gasteiger partial charge in [0.2, 0.25) is 10.0 Å². The number of nitrogens with zero attached hydrogens (tertiary/aromatic N) is 1. The van der Waals surface area contributed by atoms with Crippen molar-refractivity contribution in [3.8, 4) is 0 Å². The highest BCUT2D eigenvalue weighted by Gasteiger charge is 2.46. The van der Waals surface area contributed by atoms with Gasteiger partial charge in [-0.15, -0.1) is 0 Å². The molecule has 0 amide bonds. The third-order valence-electron chi connectivity index (χ3n) is 3.15. The van der Waals surface area contributed by atoms with Crippen molar-refractivity contribution in [1.82, 2.24) is 4.31 Å². The second kappa shape index (κ2) is 4.33. The molecule has 2 rings (SSSR count). The first-order valence-corrected chi connectivity index (χ1v) is 7.42. The van der Waals surface area contributed by atoms with Crippen LogP contribution in [0.4, 0.5) is 0 Å². The predicted molar refractivity (Wildman–Crippen MR) is 69.7 cm³/mol. The molecule has 0 bridgehead atoms. The maximum Gasteiger partial charge on any atom is 0.245 e. The van der Waals surface area contributed by atoms with E-state index < -0.39 is 21.8 Å². The zero-order valence-corrected chi connectivity index (χ0v) is 12.0. The van der Waals surface area contributed by atoms with Crippen molar-refractivity contribution in [2.45, 2.75) is 44.4 Å². The fourth-order valence-corrected chi connectivity index (χ4v) is 4.33. The van der Waals surface area contributed by atoms with Crippen molar-refractivity contribution in [1.29, 1.82) is 0 Å². The van der Waals surface area contributed by atoms with Crippen molar-refractivity contribution in [3.63, 3.8) is 0 Å². The van der Waals surface area contributed by atoms with E-state index in [0.717, 1.165) is 5.56 Å². The van der Waals surface area contributed by atoms with E-state index in [1.807, 2.05) is 26.8 Å². The van der Waals surface area contributed by atoms with Gasteiger partial charge in [0.25, 0.3) is 0 Å². The van der Waals surface area contributed by atoms with Gasteiger partial charge >= 0.3 is 0 Å². The van der Waals surface area contributed by atoms with Gasteiger partial charge in [-0.1, -0.05) is 12.1 Å². The maximum atomic E-state index is 12.7. The van der Waals surface area contributed by atoms with Gasteiger partial charge in [0.1, 0.15) is 6.23 Å². The molecular weight excluding hydrogens is 250 g/mol. The van der Waals surface area contributed by atoms with Crippen molar-refractivity contribution in [2.24, 2.45) is 0 Å². The van der Waals surface area contributed by atoms with Gasteiger partial charge in [0.05, 0.1) is 17.0 Å². The van der Waals surface area contributed by atoms with E-state index in [2.05, 4.69) is 0 Å². The number of ether oxygens (including phenoxy) is 1. The molecule has 1 aromatic carbocycles. The van der Waals surface area contributed by atoms with E-state index in [1.165, 1.54) is 4.31 Å². The molecule has 1 aliphatic heterocycles. The van der Waals surface area contributed by atoms with E-state index in [-0.39, 0.29) is 0 Å². The molecule has 0 spiro atoms. The van der Waals surface area contributed by atoms with Gasteiger partial charge in [0.15, 0.2) is 0 Å². The van der Waals surface area contributed by atoms with E-state index >= 15 is 0 Å². The summed E-state index contributed by atoms with van der Waals surface area (Å²) < 4.78 is 32.2. The average molecular weight is 269 g/mol. The zero-order chi connectivity index (χ0) is 13.6. The van der Waals surface area contributed by atoms with Crippen molar-refractivity contribution >= 4 is 10.0 Å². The van der Waals surface area contributed by atoms with E-state index in [0.29, 0.717) is 11.5 Å². The Hall–Kier alpha value is -0.910. The van der Waals surface area contributed by atoms with Crippen LogP contribution in [-0.4, -0.2) is 31.1 Å². The molecule has 100 valence electrons. The topological polar surface area (TPSA) is 46.6 Å². The molecular formula is C13H19NO3S. The summed E-state index contributed by atoms with van der Waals surface area (Å²) in [5, 5.41) is 0. The Morgan fingerprint density at radius 2 is 2.06 bits per heavy atom. The molecule has 1 heterocycles. The largest absolute Gasteiger partial charge is 0.360 e. The van der Waals surface area contributed by atoms with Crippen molar-refractivity contribution < 1.29 is 13.2 Å². The molecule has 0 aliphatic carbocycles. The molecule has 1 atom stereocenters. The summed E-state index contributed by atoms with van der Waals surface area (Å²) in [4.78, 5) is 0.327. The molecule has 1 aromatic rings. The number of benzene rings is 1. The Labute approximate surface area is 109 Å². The molecule has 5 heteroatoms. The smallest absolute Gasteiger partial charge is 0.245 e. The first-order chi connectivity index (χ1) is 8.25. The van der Waals surface area contributed by atoms with Crippen LogP contribution in [-0.2, 0) is 14.8 Å². The standard InChI is InChI=1S/C13H19NO3S/c1-10-6-5-7-12(8-10)18(15,16)14-11(2)17-9-13(14,3)4/h5-8,11H,9H2,1-4H3. The number of hydrogen-bond donors (Lipinski definition) is 0. The lowest BCUT2D eigenvalue weighted by Crippen LogP contribution is -2.47. The van der Waals surface area contributed by atoms with Gasteiger partial charge in [-0.2, -0.15) is 4.31 Å².